The van der Waals surface area contributed by atoms with Crippen molar-refractivity contribution in [2.24, 2.45) is 0 Å². The molecular weight excluding hydrogens is 272 g/mol. The first-order chi connectivity index (χ1) is 10.9. The summed E-state index contributed by atoms with van der Waals surface area (Å²) in [7, 11) is 0. The van der Waals surface area contributed by atoms with Gasteiger partial charge in [0.2, 0.25) is 0 Å². The van der Waals surface area contributed by atoms with Gasteiger partial charge >= 0.3 is 0 Å². The van der Waals surface area contributed by atoms with Gasteiger partial charge in [-0.3, -0.25) is 9.97 Å². The van der Waals surface area contributed by atoms with Gasteiger partial charge in [0, 0.05) is 35.1 Å². The van der Waals surface area contributed by atoms with Crippen molar-refractivity contribution >= 4 is 22.3 Å². The number of nitrogens with zero attached hydrogens (tertiary/aromatic N) is 2. The molecule has 0 unspecified atom stereocenters. The third kappa shape index (κ3) is 2.31. The summed E-state index contributed by atoms with van der Waals surface area (Å²) in [4.78, 5) is 11.7. The van der Waals surface area contributed by atoms with Crippen molar-refractivity contribution in [1.82, 2.24) is 15.0 Å². The van der Waals surface area contributed by atoms with Crippen LogP contribution in [0.2, 0.25) is 0 Å². The molecule has 4 nitrogen and oxygen atoms in total. The molecule has 0 spiro atoms. The molecule has 4 rings (SSSR count). The van der Waals surface area contributed by atoms with E-state index in [1.165, 1.54) is 10.9 Å². The zero-order chi connectivity index (χ0) is 14.8. The molecule has 0 saturated heterocycles. The molecule has 1 aromatic carbocycles. The molecule has 3 aromatic heterocycles. The zero-order valence-electron chi connectivity index (χ0n) is 11.8. The van der Waals surface area contributed by atoms with Crippen LogP contribution in [0.1, 0.15) is 0 Å². The Kier molecular flexibility index (Phi) is 3.05. The van der Waals surface area contributed by atoms with Crippen LogP contribution in [-0.2, 0) is 0 Å². The lowest BCUT2D eigenvalue weighted by atomic mass is 10.0. The highest BCUT2D eigenvalue weighted by Crippen LogP contribution is 2.29. The average Bonchev–Trinajstić information content (AvgIpc) is 3.04. The number of aromatic nitrogens is 3. The second-order valence-corrected chi connectivity index (χ2v) is 5.07. The van der Waals surface area contributed by atoms with E-state index in [2.05, 4.69) is 50.6 Å². The highest BCUT2D eigenvalue weighted by Gasteiger charge is 2.06. The van der Waals surface area contributed by atoms with Crippen molar-refractivity contribution in [3.05, 3.63) is 73.4 Å². The molecule has 4 aromatic rings. The number of benzene rings is 1. The number of rotatable bonds is 3. The summed E-state index contributed by atoms with van der Waals surface area (Å²) in [6.45, 7) is 0. The Bertz CT molecular complexity index is 912. The topological polar surface area (TPSA) is 53.6 Å². The van der Waals surface area contributed by atoms with Crippen LogP contribution in [0, 0.1) is 0 Å². The molecule has 0 aliphatic heterocycles. The second kappa shape index (κ2) is 5.33. The quantitative estimate of drug-likeness (QED) is 0.588. The standard InChI is InChI=1S/C18H14N4/c1-4-16(17-6-8-21-18(17)5-1)13-9-15(12-20-10-13)22-14-3-2-7-19-11-14/h1-12,21-22H. The van der Waals surface area contributed by atoms with Crippen LogP contribution in [0.5, 0.6) is 0 Å². The van der Waals surface area contributed by atoms with Crippen molar-refractivity contribution in [2.75, 3.05) is 5.32 Å². The van der Waals surface area contributed by atoms with Crippen molar-refractivity contribution in [2.45, 2.75) is 0 Å². The zero-order valence-corrected chi connectivity index (χ0v) is 11.8. The fourth-order valence-electron chi connectivity index (χ4n) is 2.60. The molecule has 0 radical (unpaired) electrons. The van der Waals surface area contributed by atoms with Gasteiger partial charge in [0.1, 0.15) is 0 Å². The van der Waals surface area contributed by atoms with E-state index in [4.69, 9.17) is 0 Å². The molecule has 4 heteroatoms. The Hall–Kier alpha value is -3.14. The van der Waals surface area contributed by atoms with Crippen LogP contribution in [0.3, 0.4) is 0 Å². The van der Waals surface area contributed by atoms with E-state index in [9.17, 15) is 0 Å². The fourth-order valence-corrected chi connectivity index (χ4v) is 2.60. The van der Waals surface area contributed by atoms with Gasteiger partial charge in [-0.15, -0.1) is 0 Å². The number of H-pyrrole nitrogens is 1. The van der Waals surface area contributed by atoms with Crippen LogP contribution < -0.4 is 5.32 Å². The maximum absolute atomic E-state index is 4.36. The number of hydrogen-bond donors (Lipinski definition) is 2. The minimum atomic E-state index is 0.943. The molecule has 0 atom stereocenters. The van der Waals surface area contributed by atoms with Crippen molar-refractivity contribution < 1.29 is 0 Å². The number of fused-ring (bicyclic) bond motifs is 1. The summed E-state index contributed by atoms with van der Waals surface area (Å²) in [6, 6.07) is 14.3. The maximum Gasteiger partial charge on any atom is 0.0577 e. The Balaban J connectivity index is 1.74. The summed E-state index contributed by atoms with van der Waals surface area (Å²) in [5.74, 6) is 0. The molecule has 0 bridgehead atoms. The highest BCUT2D eigenvalue weighted by molar-refractivity contribution is 5.95. The van der Waals surface area contributed by atoms with Crippen LogP contribution in [0.15, 0.2) is 73.4 Å². The molecule has 0 amide bonds. The van der Waals surface area contributed by atoms with Gasteiger partial charge in [0.05, 0.1) is 23.8 Å². The number of anilines is 2. The van der Waals surface area contributed by atoms with Gasteiger partial charge in [-0.25, -0.2) is 0 Å². The molecule has 2 N–H and O–H groups in total. The van der Waals surface area contributed by atoms with Gasteiger partial charge < -0.3 is 10.3 Å². The minimum Gasteiger partial charge on any atom is -0.361 e. The molecule has 3 heterocycles. The van der Waals surface area contributed by atoms with E-state index in [1.807, 2.05) is 30.7 Å². The minimum absolute atomic E-state index is 0.943. The monoisotopic (exact) mass is 286 g/mol. The van der Waals surface area contributed by atoms with Gasteiger partial charge in [-0.2, -0.15) is 0 Å². The van der Waals surface area contributed by atoms with E-state index in [0.29, 0.717) is 0 Å². The smallest absolute Gasteiger partial charge is 0.0577 e. The SMILES string of the molecule is c1cncc(Nc2cncc(-c3cccc4[nH]ccc34)c2)c1. The third-order valence-corrected chi connectivity index (χ3v) is 3.59. The average molecular weight is 286 g/mol. The predicted molar refractivity (Wildman–Crippen MR) is 89.0 cm³/mol. The summed E-state index contributed by atoms with van der Waals surface area (Å²) in [5.41, 5.74) is 5.27. The number of aromatic amines is 1. The first-order valence-electron chi connectivity index (χ1n) is 7.09. The number of pyridine rings is 2. The maximum atomic E-state index is 4.36. The van der Waals surface area contributed by atoms with Crippen molar-refractivity contribution in [3.8, 4) is 11.1 Å². The van der Waals surface area contributed by atoms with E-state index in [1.54, 1.807) is 12.4 Å². The number of hydrogen-bond acceptors (Lipinski definition) is 3. The lowest BCUT2D eigenvalue weighted by molar-refractivity contribution is 1.30. The van der Waals surface area contributed by atoms with Crippen LogP contribution >= 0.6 is 0 Å². The fraction of sp³-hybridized carbons (Fsp3) is 0. The molecule has 106 valence electrons. The predicted octanol–water partition coefficient (Wildman–Crippen LogP) is 4.37. The Labute approximate surface area is 127 Å². The lowest BCUT2D eigenvalue weighted by Gasteiger charge is -2.08. The van der Waals surface area contributed by atoms with Crippen LogP contribution in [-0.4, -0.2) is 15.0 Å². The van der Waals surface area contributed by atoms with Gasteiger partial charge in [0.25, 0.3) is 0 Å². The largest absolute Gasteiger partial charge is 0.361 e. The van der Waals surface area contributed by atoms with E-state index in [0.717, 1.165) is 22.5 Å². The van der Waals surface area contributed by atoms with Crippen molar-refractivity contribution in [3.63, 3.8) is 0 Å². The Morgan fingerprint density at radius 1 is 0.864 bits per heavy atom. The first kappa shape index (κ1) is 12.6. The Morgan fingerprint density at radius 2 is 1.82 bits per heavy atom. The van der Waals surface area contributed by atoms with Crippen molar-refractivity contribution in [1.29, 1.82) is 0 Å². The Morgan fingerprint density at radius 3 is 2.73 bits per heavy atom. The van der Waals surface area contributed by atoms with Gasteiger partial charge in [-0.05, 0) is 35.9 Å². The molecule has 0 aliphatic carbocycles. The molecule has 0 saturated carbocycles. The normalized spacial score (nSPS) is 10.7. The second-order valence-electron chi connectivity index (χ2n) is 5.07. The third-order valence-electron chi connectivity index (χ3n) is 3.59. The van der Waals surface area contributed by atoms with Gasteiger partial charge in [0.15, 0.2) is 0 Å². The van der Waals surface area contributed by atoms with E-state index in [-0.39, 0.29) is 0 Å². The molecule has 22 heavy (non-hydrogen) atoms. The molecule has 0 fully saturated rings. The molecule has 0 aliphatic rings. The highest BCUT2D eigenvalue weighted by atomic mass is 14.9. The first-order valence-corrected chi connectivity index (χ1v) is 7.09. The molecular formula is C18H14N4. The lowest BCUT2D eigenvalue weighted by Crippen LogP contribution is -1.92. The van der Waals surface area contributed by atoms with Crippen LogP contribution in [0.25, 0.3) is 22.0 Å². The summed E-state index contributed by atoms with van der Waals surface area (Å²) in [6.07, 6.45) is 9.20. The summed E-state index contributed by atoms with van der Waals surface area (Å²) in [5, 5.41) is 4.52. The van der Waals surface area contributed by atoms with E-state index < -0.39 is 0 Å². The van der Waals surface area contributed by atoms with Crippen LogP contribution in [0.4, 0.5) is 11.4 Å². The number of nitrogens with one attached hydrogen (secondary N) is 2. The van der Waals surface area contributed by atoms with Gasteiger partial charge in [-0.1, -0.05) is 12.1 Å². The van der Waals surface area contributed by atoms with E-state index >= 15 is 0 Å². The summed E-state index contributed by atoms with van der Waals surface area (Å²) >= 11 is 0. The summed E-state index contributed by atoms with van der Waals surface area (Å²) < 4.78 is 0.